The summed E-state index contributed by atoms with van der Waals surface area (Å²) in [7, 11) is 0. The Morgan fingerprint density at radius 2 is 1.96 bits per heavy atom. The fraction of sp³-hybridized carbons (Fsp3) is 0.400. The van der Waals surface area contributed by atoms with Gasteiger partial charge < -0.3 is 19.7 Å². The predicted molar refractivity (Wildman–Crippen MR) is 91.2 cm³/mol. The van der Waals surface area contributed by atoms with Gasteiger partial charge in [0.05, 0.1) is 6.61 Å². The Bertz CT molecular complexity index is 794. The van der Waals surface area contributed by atoms with Gasteiger partial charge in [0.25, 0.3) is 0 Å². The summed E-state index contributed by atoms with van der Waals surface area (Å²) in [6.07, 6.45) is 2.74. The predicted octanol–water partition coefficient (Wildman–Crippen LogP) is 3.92. The van der Waals surface area contributed by atoms with Crippen molar-refractivity contribution >= 4 is 0 Å². The van der Waals surface area contributed by atoms with Gasteiger partial charge in [0.15, 0.2) is 0 Å². The number of rotatable bonds is 1. The minimum absolute atomic E-state index is 0.0715. The number of benzene rings is 2. The lowest BCUT2D eigenvalue weighted by molar-refractivity contribution is 0.0826. The summed E-state index contributed by atoms with van der Waals surface area (Å²) >= 11 is 0. The molecule has 24 heavy (non-hydrogen) atoms. The Hall–Kier alpha value is -2.36. The van der Waals surface area contributed by atoms with Crippen molar-refractivity contribution in [3.63, 3.8) is 0 Å². The molecule has 4 nitrogen and oxygen atoms in total. The Morgan fingerprint density at radius 3 is 2.75 bits per heavy atom. The molecule has 1 atom stereocenters. The minimum Gasteiger partial charge on any atom is -0.508 e. The zero-order chi connectivity index (χ0) is 16.9. The molecule has 2 aromatic rings. The maximum Gasteiger partial charge on any atom is 0.129 e. The van der Waals surface area contributed by atoms with Crippen molar-refractivity contribution in [2.24, 2.45) is 0 Å². The van der Waals surface area contributed by atoms with Crippen molar-refractivity contribution in [1.29, 1.82) is 0 Å². The molecular weight excluding hydrogens is 304 g/mol. The van der Waals surface area contributed by atoms with Gasteiger partial charge in [-0.05, 0) is 50.8 Å². The van der Waals surface area contributed by atoms with Crippen LogP contribution >= 0.6 is 0 Å². The van der Waals surface area contributed by atoms with Gasteiger partial charge in [-0.1, -0.05) is 12.1 Å². The fourth-order valence-electron chi connectivity index (χ4n) is 3.69. The van der Waals surface area contributed by atoms with E-state index in [4.69, 9.17) is 9.47 Å². The highest BCUT2D eigenvalue weighted by molar-refractivity contribution is 5.54. The van der Waals surface area contributed by atoms with E-state index >= 15 is 0 Å². The van der Waals surface area contributed by atoms with E-state index in [2.05, 4.69) is 19.9 Å². The third-order valence-corrected chi connectivity index (χ3v) is 5.01. The van der Waals surface area contributed by atoms with E-state index in [9.17, 15) is 10.2 Å². The Kier molecular flexibility index (Phi) is 3.37. The molecule has 2 aliphatic rings. The lowest BCUT2D eigenvalue weighted by atomic mass is 9.86. The molecule has 0 unspecified atom stereocenters. The van der Waals surface area contributed by atoms with E-state index in [-0.39, 0.29) is 23.0 Å². The van der Waals surface area contributed by atoms with Gasteiger partial charge in [-0.2, -0.15) is 0 Å². The van der Waals surface area contributed by atoms with Crippen molar-refractivity contribution in [2.45, 2.75) is 44.6 Å². The topological polar surface area (TPSA) is 58.9 Å². The van der Waals surface area contributed by atoms with E-state index in [0.717, 1.165) is 41.9 Å². The quantitative estimate of drug-likeness (QED) is 0.834. The standard InChI is InChI=1S/C20H22O4/c1-20(2)8-7-16-18(24-20)6-3-12-9-13(11-23-19(12)16)15-5-4-14(21)10-17(15)22/h3-6,10,13,21-22H,7-9,11H2,1-2H3/t13-/m1/s1. The number of hydrogen-bond donors (Lipinski definition) is 2. The maximum atomic E-state index is 10.1. The van der Waals surface area contributed by atoms with Crippen LogP contribution in [-0.2, 0) is 12.8 Å². The van der Waals surface area contributed by atoms with Crippen LogP contribution in [0.3, 0.4) is 0 Å². The van der Waals surface area contributed by atoms with Crippen LogP contribution in [0.15, 0.2) is 30.3 Å². The minimum atomic E-state index is -0.129. The number of aromatic hydroxyl groups is 2. The highest BCUT2D eigenvalue weighted by Crippen LogP contribution is 2.44. The molecule has 2 heterocycles. The van der Waals surface area contributed by atoms with Crippen LogP contribution in [-0.4, -0.2) is 22.4 Å². The first-order chi connectivity index (χ1) is 11.4. The third-order valence-electron chi connectivity index (χ3n) is 5.01. The molecule has 0 bridgehead atoms. The van der Waals surface area contributed by atoms with Gasteiger partial charge in [-0.25, -0.2) is 0 Å². The summed E-state index contributed by atoms with van der Waals surface area (Å²) in [5.41, 5.74) is 3.01. The van der Waals surface area contributed by atoms with E-state index < -0.39 is 0 Å². The van der Waals surface area contributed by atoms with Crippen molar-refractivity contribution in [1.82, 2.24) is 0 Å². The van der Waals surface area contributed by atoms with E-state index in [0.29, 0.717) is 6.61 Å². The summed E-state index contributed by atoms with van der Waals surface area (Å²) in [5.74, 6) is 2.16. The SMILES string of the molecule is CC1(C)CCc2c(ccc3c2OC[C@H](c2ccc(O)cc2O)C3)O1. The van der Waals surface area contributed by atoms with Gasteiger partial charge in [-0.15, -0.1) is 0 Å². The first kappa shape index (κ1) is 15.2. The van der Waals surface area contributed by atoms with Gasteiger partial charge in [0, 0.05) is 23.1 Å². The smallest absolute Gasteiger partial charge is 0.129 e. The van der Waals surface area contributed by atoms with E-state index in [1.54, 1.807) is 12.1 Å². The van der Waals surface area contributed by atoms with Crippen LogP contribution in [0.25, 0.3) is 0 Å². The monoisotopic (exact) mass is 326 g/mol. The van der Waals surface area contributed by atoms with Crippen LogP contribution < -0.4 is 9.47 Å². The molecule has 4 rings (SSSR count). The van der Waals surface area contributed by atoms with Gasteiger partial charge in [-0.3, -0.25) is 0 Å². The second-order valence-corrected chi connectivity index (χ2v) is 7.35. The molecule has 0 aromatic heterocycles. The third kappa shape index (κ3) is 2.56. The molecule has 0 fully saturated rings. The Labute approximate surface area is 141 Å². The molecule has 4 heteroatoms. The molecule has 0 saturated heterocycles. The highest BCUT2D eigenvalue weighted by Gasteiger charge is 2.32. The fourth-order valence-corrected chi connectivity index (χ4v) is 3.69. The Morgan fingerprint density at radius 1 is 1.12 bits per heavy atom. The largest absolute Gasteiger partial charge is 0.508 e. The first-order valence-electron chi connectivity index (χ1n) is 8.41. The summed E-state index contributed by atoms with van der Waals surface area (Å²) in [6.45, 7) is 4.74. The molecule has 2 aliphatic heterocycles. The number of phenols is 2. The van der Waals surface area contributed by atoms with Crippen molar-refractivity contribution in [3.05, 3.63) is 47.0 Å². The average Bonchev–Trinajstić information content (AvgIpc) is 2.53. The molecule has 0 spiro atoms. The molecular formula is C20H22O4. The summed E-state index contributed by atoms with van der Waals surface area (Å²) < 4.78 is 12.2. The first-order valence-corrected chi connectivity index (χ1v) is 8.41. The zero-order valence-electron chi connectivity index (χ0n) is 14.0. The lowest BCUT2D eigenvalue weighted by Gasteiger charge is -2.35. The second kappa shape index (κ2) is 5.33. The summed E-state index contributed by atoms with van der Waals surface area (Å²) in [4.78, 5) is 0. The average molecular weight is 326 g/mol. The van der Waals surface area contributed by atoms with E-state index in [1.165, 1.54) is 11.6 Å². The van der Waals surface area contributed by atoms with Gasteiger partial charge in [0.1, 0.15) is 28.6 Å². The maximum absolute atomic E-state index is 10.1. The molecule has 0 saturated carbocycles. The van der Waals surface area contributed by atoms with Crippen molar-refractivity contribution in [2.75, 3.05) is 6.61 Å². The molecule has 2 N–H and O–H groups in total. The molecule has 0 radical (unpaired) electrons. The lowest BCUT2D eigenvalue weighted by Crippen LogP contribution is -2.33. The van der Waals surface area contributed by atoms with Crippen LogP contribution in [0, 0.1) is 0 Å². The van der Waals surface area contributed by atoms with Crippen LogP contribution in [0.4, 0.5) is 0 Å². The Balaban J connectivity index is 1.65. The molecule has 2 aromatic carbocycles. The second-order valence-electron chi connectivity index (χ2n) is 7.35. The number of ether oxygens (including phenoxy) is 2. The molecule has 126 valence electrons. The molecule has 0 aliphatic carbocycles. The van der Waals surface area contributed by atoms with Gasteiger partial charge in [0.2, 0.25) is 0 Å². The van der Waals surface area contributed by atoms with Crippen molar-refractivity contribution in [3.8, 4) is 23.0 Å². The zero-order valence-corrected chi connectivity index (χ0v) is 14.0. The molecule has 0 amide bonds. The van der Waals surface area contributed by atoms with Crippen LogP contribution in [0.5, 0.6) is 23.0 Å². The van der Waals surface area contributed by atoms with Crippen LogP contribution in [0.1, 0.15) is 42.9 Å². The normalized spacial score (nSPS) is 21.2. The van der Waals surface area contributed by atoms with E-state index in [1.807, 2.05) is 6.07 Å². The summed E-state index contributed by atoms with van der Waals surface area (Å²) in [5, 5.41) is 19.6. The highest BCUT2D eigenvalue weighted by atomic mass is 16.5. The number of phenolic OH excluding ortho intramolecular Hbond substituents is 2. The van der Waals surface area contributed by atoms with Gasteiger partial charge >= 0.3 is 0 Å². The number of fused-ring (bicyclic) bond motifs is 3. The summed E-state index contributed by atoms with van der Waals surface area (Å²) in [6, 6.07) is 8.87. The number of hydrogen-bond acceptors (Lipinski definition) is 4. The van der Waals surface area contributed by atoms with Crippen molar-refractivity contribution < 1.29 is 19.7 Å². The van der Waals surface area contributed by atoms with Crippen LogP contribution in [0.2, 0.25) is 0 Å².